The Morgan fingerprint density at radius 1 is 0.865 bits per heavy atom. The van der Waals surface area contributed by atoms with E-state index in [1.54, 1.807) is 28.9 Å². The Morgan fingerprint density at radius 3 is 2.35 bits per heavy atom. The summed E-state index contributed by atoms with van der Waals surface area (Å²) >= 11 is 12.4. The number of imide groups is 2. The molecule has 0 aliphatic carbocycles. The van der Waals surface area contributed by atoms with Crippen LogP contribution in [0.2, 0.25) is 10.0 Å². The second-order valence-corrected chi connectivity index (χ2v) is 12.7. The molecule has 1 fully saturated rings. The van der Waals surface area contributed by atoms with E-state index in [4.69, 9.17) is 42.1 Å². The largest absolute Gasteiger partial charge is 0.458 e. The van der Waals surface area contributed by atoms with Crippen molar-refractivity contribution in [2.45, 2.75) is 25.4 Å². The first-order valence-corrected chi connectivity index (χ1v) is 17.4. The summed E-state index contributed by atoms with van der Waals surface area (Å²) in [6, 6.07) is 16.5. The van der Waals surface area contributed by atoms with Crippen LogP contribution in [0.25, 0.3) is 10.9 Å². The summed E-state index contributed by atoms with van der Waals surface area (Å²) in [5, 5.41) is 11.5. The summed E-state index contributed by atoms with van der Waals surface area (Å²) in [6.07, 6.45) is 0.142. The van der Waals surface area contributed by atoms with Gasteiger partial charge in [0.25, 0.3) is 11.8 Å². The lowest BCUT2D eigenvalue weighted by Crippen LogP contribution is -2.54. The molecule has 6 rings (SSSR count). The Kier molecular flexibility index (Phi) is 12.1. The van der Waals surface area contributed by atoms with Gasteiger partial charge in [-0.25, -0.2) is 4.79 Å². The van der Waals surface area contributed by atoms with Crippen molar-refractivity contribution >= 4 is 69.4 Å². The van der Waals surface area contributed by atoms with Crippen molar-refractivity contribution in [3.63, 3.8) is 0 Å². The van der Waals surface area contributed by atoms with Crippen LogP contribution in [0.3, 0.4) is 0 Å². The lowest BCUT2D eigenvalue weighted by atomic mass is 10.0. The zero-order valence-corrected chi connectivity index (χ0v) is 29.4. The average molecular weight is 753 g/mol. The van der Waals surface area contributed by atoms with Crippen LogP contribution in [0.5, 0.6) is 0 Å². The number of carbonyl (C=O) groups is 5. The van der Waals surface area contributed by atoms with Crippen LogP contribution in [-0.4, -0.2) is 103 Å². The van der Waals surface area contributed by atoms with Crippen LogP contribution in [-0.2, 0) is 35.1 Å². The van der Waals surface area contributed by atoms with Crippen LogP contribution in [0.15, 0.2) is 60.7 Å². The summed E-state index contributed by atoms with van der Waals surface area (Å²) in [7, 11) is 0. The number of nitrogens with zero attached hydrogens (tertiary/aromatic N) is 3. The molecule has 2 aliphatic rings. The van der Waals surface area contributed by atoms with Crippen molar-refractivity contribution in [3.05, 3.63) is 93.1 Å². The molecule has 4 amide bonds. The van der Waals surface area contributed by atoms with E-state index < -0.39 is 35.6 Å². The van der Waals surface area contributed by atoms with Crippen LogP contribution in [0.1, 0.15) is 49.6 Å². The van der Waals surface area contributed by atoms with Gasteiger partial charge in [0.15, 0.2) is 5.69 Å². The number of aromatic nitrogens is 2. The molecule has 16 heteroatoms. The summed E-state index contributed by atoms with van der Waals surface area (Å²) in [6.45, 7) is 2.47. The Morgan fingerprint density at radius 2 is 1.60 bits per heavy atom. The van der Waals surface area contributed by atoms with E-state index in [1.807, 2.05) is 30.3 Å². The third-order valence-electron chi connectivity index (χ3n) is 8.42. The van der Waals surface area contributed by atoms with Gasteiger partial charge in [-0.2, -0.15) is 5.10 Å². The molecule has 272 valence electrons. The SMILES string of the molecule is O=C1CCC(N2C(=O)c3cccc(NCCOCCOCCOCCOC(=O)c4nn(Cc5ccc(Cl)cc5Cl)c5ccccc45)c3C2=O)C(=O)N1. The standard InChI is InChI=1S/C36H35Cl2N5O9/c37-23-9-8-22(26(38)20-23)21-42-28-7-2-1-4-24(28)32(41-42)36(48)52-19-18-51-17-16-50-15-14-49-13-12-39-27-6-3-5-25-31(27)35(47)43(34(25)46)29-10-11-30(44)40-33(29)45/h1-9,20,29,39H,10-19,21H2,(H,40,44,45). The first kappa shape index (κ1) is 36.9. The summed E-state index contributed by atoms with van der Waals surface area (Å²) in [5.74, 6) is -2.79. The molecule has 4 aromatic rings. The Labute approximate surface area is 308 Å². The van der Waals surface area contributed by atoms with Crippen LogP contribution < -0.4 is 10.6 Å². The van der Waals surface area contributed by atoms with E-state index in [2.05, 4.69) is 15.7 Å². The number of carbonyl (C=O) groups excluding carboxylic acids is 5. The maximum absolute atomic E-state index is 13.2. The van der Waals surface area contributed by atoms with Gasteiger partial charge in [-0.3, -0.25) is 34.1 Å². The number of hydrogen-bond donors (Lipinski definition) is 2. The number of hydrogen-bond acceptors (Lipinski definition) is 11. The predicted molar refractivity (Wildman–Crippen MR) is 190 cm³/mol. The molecule has 1 unspecified atom stereocenters. The fraction of sp³-hybridized carbons (Fsp3) is 0.333. The monoisotopic (exact) mass is 751 g/mol. The molecular weight excluding hydrogens is 717 g/mol. The number of halogens is 2. The number of nitrogens with one attached hydrogen (secondary N) is 2. The maximum atomic E-state index is 13.2. The van der Waals surface area contributed by atoms with Crippen molar-refractivity contribution in [2.75, 3.05) is 58.1 Å². The van der Waals surface area contributed by atoms with Crippen molar-refractivity contribution in [3.8, 4) is 0 Å². The molecule has 1 saturated heterocycles. The minimum absolute atomic E-state index is 0.0402. The average Bonchev–Trinajstić information content (AvgIpc) is 3.62. The second-order valence-electron chi connectivity index (χ2n) is 11.8. The summed E-state index contributed by atoms with van der Waals surface area (Å²) < 4.78 is 23.8. The molecule has 52 heavy (non-hydrogen) atoms. The highest BCUT2D eigenvalue weighted by Gasteiger charge is 2.45. The van der Waals surface area contributed by atoms with Crippen LogP contribution in [0, 0.1) is 0 Å². The number of amides is 4. The minimum atomic E-state index is -1.03. The highest BCUT2D eigenvalue weighted by atomic mass is 35.5. The van der Waals surface area contributed by atoms with Gasteiger partial charge in [0.05, 0.1) is 62.8 Å². The van der Waals surface area contributed by atoms with E-state index >= 15 is 0 Å². The van der Waals surface area contributed by atoms with Crippen molar-refractivity contribution in [1.29, 1.82) is 0 Å². The third kappa shape index (κ3) is 8.43. The molecule has 0 radical (unpaired) electrons. The number of benzene rings is 3. The first-order valence-electron chi connectivity index (χ1n) is 16.6. The molecule has 14 nitrogen and oxygen atoms in total. The van der Waals surface area contributed by atoms with Crippen molar-refractivity contribution in [1.82, 2.24) is 20.0 Å². The van der Waals surface area contributed by atoms with Crippen LogP contribution >= 0.6 is 23.2 Å². The topological polar surface area (TPSA) is 167 Å². The number of ether oxygens (including phenoxy) is 4. The van der Waals surface area contributed by atoms with Gasteiger partial charge in [0.2, 0.25) is 11.8 Å². The fourth-order valence-corrected chi connectivity index (χ4v) is 6.40. The number of para-hydroxylation sites is 1. The van der Waals surface area contributed by atoms with Gasteiger partial charge in [-0.15, -0.1) is 0 Å². The van der Waals surface area contributed by atoms with Gasteiger partial charge in [0.1, 0.15) is 12.6 Å². The van der Waals surface area contributed by atoms with E-state index in [0.717, 1.165) is 16.0 Å². The normalized spacial score (nSPS) is 15.7. The maximum Gasteiger partial charge on any atom is 0.359 e. The molecule has 2 aliphatic heterocycles. The van der Waals surface area contributed by atoms with E-state index in [0.29, 0.717) is 67.2 Å². The zero-order valence-electron chi connectivity index (χ0n) is 27.9. The molecule has 2 N–H and O–H groups in total. The third-order valence-corrected chi connectivity index (χ3v) is 9.01. The Balaban J connectivity index is 0.845. The van der Waals surface area contributed by atoms with Gasteiger partial charge < -0.3 is 24.3 Å². The highest BCUT2D eigenvalue weighted by molar-refractivity contribution is 6.35. The van der Waals surface area contributed by atoms with Gasteiger partial charge >= 0.3 is 5.97 Å². The fourth-order valence-electron chi connectivity index (χ4n) is 5.93. The molecule has 0 bridgehead atoms. The van der Waals surface area contributed by atoms with Crippen LogP contribution in [0.4, 0.5) is 5.69 Å². The first-order chi connectivity index (χ1) is 25.2. The lowest BCUT2D eigenvalue weighted by molar-refractivity contribution is -0.136. The second kappa shape index (κ2) is 17.1. The molecule has 3 heterocycles. The van der Waals surface area contributed by atoms with Gasteiger partial charge in [-0.05, 0) is 42.3 Å². The minimum Gasteiger partial charge on any atom is -0.458 e. The molecule has 1 atom stereocenters. The van der Waals surface area contributed by atoms with Crippen molar-refractivity contribution < 1.29 is 42.9 Å². The number of fused-ring (bicyclic) bond motifs is 2. The van der Waals surface area contributed by atoms with E-state index in [1.165, 1.54) is 6.07 Å². The van der Waals surface area contributed by atoms with E-state index in [-0.39, 0.29) is 42.9 Å². The number of esters is 1. The number of rotatable bonds is 17. The molecule has 1 aromatic heterocycles. The summed E-state index contributed by atoms with van der Waals surface area (Å²) in [5.41, 5.74) is 2.62. The van der Waals surface area contributed by atoms with E-state index in [9.17, 15) is 24.0 Å². The highest BCUT2D eigenvalue weighted by Crippen LogP contribution is 2.32. The zero-order chi connectivity index (χ0) is 36.6. The molecule has 0 spiro atoms. The summed E-state index contributed by atoms with van der Waals surface area (Å²) in [4.78, 5) is 63.8. The molecule has 0 saturated carbocycles. The lowest BCUT2D eigenvalue weighted by Gasteiger charge is -2.27. The predicted octanol–water partition coefficient (Wildman–Crippen LogP) is 4.11. The number of anilines is 1. The quantitative estimate of drug-likeness (QED) is 0.0906. The number of piperidine rings is 1. The molecule has 3 aromatic carbocycles. The van der Waals surface area contributed by atoms with Crippen molar-refractivity contribution in [2.24, 2.45) is 0 Å². The van der Waals surface area contributed by atoms with Gasteiger partial charge in [-0.1, -0.05) is 53.5 Å². The smallest absolute Gasteiger partial charge is 0.359 e. The Hall–Kier alpha value is -4.86. The van der Waals surface area contributed by atoms with Gasteiger partial charge in [0, 0.05) is 34.1 Å². The molecular formula is C36H35Cl2N5O9. The Bertz CT molecular complexity index is 2000.